The first-order valence-corrected chi connectivity index (χ1v) is 8.05. The van der Waals surface area contributed by atoms with E-state index in [0.717, 1.165) is 16.9 Å². The van der Waals surface area contributed by atoms with Crippen LogP contribution in [0.5, 0.6) is 5.75 Å². The molecule has 1 amide bonds. The second kappa shape index (κ2) is 7.77. The third-order valence-electron chi connectivity index (χ3n) is 3.74. The van der Waals surface area contributed by atoms with Crippen LogP contribution >= 0.6 is 0 Å². The molecule has 2 rings (SSSR count). The number of carbonyl (C=O) groups excluding carboxylic acids is 1. The summed E-state index contributed by atoms with van der Waals surface area (Å²) in [4.78, 5) is 12.1. The molecule has 0 spiro atoms. The van der Waals surface area contributed by atoms with Crippen LogP contribution in [0.1, 0.15) is 46.5 Å². The number of benzene rings is 2. The van der Waals surface area contributed by atoms with Gasteiger partial charge < -0.3 is 4.74 Å². The number of hydrogen-bond donors (Lipinski definition) is 1. The van der Waals surface area contributed by atoms with Gasteiger partial charge >= 0.3 is 0 Å². The van der Waals surface area contributed by atoms with Crippen molar-refractivity contribution in [2.45, 2.75) is 40.7 Å². The van der Waals surface area contributed by atoms with Crippen LogP contribution in [0, 0.1) is 20.8 Å². The Morgan fingerprint density at radius 1 is 1.04 bits per heavy atom. The van der Waals surface area contributed by atoms with Gasteiger partial charge in [-0.25, -0.2) is 5.43 Å². The molecule has 0 heterocycles. The van der Waals surface area contributed by atoms with E-state index in [1.807, 2.05) is 20.8 Å². The Bertz CT molecular complexity index is 747. The van der Waals surface area contributed by atoms with E-state index >= 15 is 0 Å². The fourth-order valence-electron chi connectivity index (χ4n) is 2.30. The van der Waals surface area contributed by atoms with E-state index in [9.17, 15) is 4.79 Å². The highest BCUT2D eigenvalue weighted by Gasteiger charge is 2.05. The molecule has 0 fully saturated rings. The SMILES string of the molecule is Cc1cc(C)c(/C=N\NC(=O)c2ccc(OC(C)C)cc2)cc1C. The standard InChI is InChI=1S/C20H24N2O2/c1-13(2)24-19-8-6-17(7-9-19)20(23)22-21-12-18-11-15(4)14(3)10-16(18)5/h6-13H,1-5H3,(H,22,23)/b21-12-. The van der Waals surface area contributed by atoms with Crippen molar-refractivity contribution in [1.29, 1.82) is 0 Å². The normalized spacial score (nSPS) is 11.1. The molecule has 4 heteroatoms. The minimum absolute atomic E-state index is 0.107. The maximum Gasteiger partial charge on any atom is 0.271 e. The summed E-state index contributed by atoms with van der Waals surface area (Å²) in [6, 6.07) is 11.2. The first kappa shape index (κ1) is 17.7. The first-order chi connectivity index (χ1) is 11.4. The number of rotatable bonds is 5. The fraction of sp³-hybridized carbons (Fsp3) is 0.300. The fourth-order valence-corrected chi connectivity index (χ4v) is 2.30. The Hall–Kier alpha value is -2.62. The van der Waals surface area contributed by atoms with Crippen LogP contribution in [0.2, 0.25) is 0 Å². The van der Waals surface area contributed by atoms with Crippen molar-refractivity contribution < 1.29 is 9.53 Å². The highest BCUT2D eigenvalue weighted by molar-refractivity contribution is 5.95. The number of hydrogen-bond acceptors (Lipinski definition) is 3. The predicted molar refractivity (Wildman–Crippen MR) is 97.9 cm³/mol. The summed E-state index contributed by atoms with van der Waals surface area (Å²) in [5, 5.41) is 4.06. The maximum atomic E-state index is 12.1. The summed E-state index contributed by atoms with van der Waals surface area (Å²) in [5.41, 5.74) is 7.68. The molecule has 24 heavy (non-hydrogen) atoms. The molecule has 0 bridgehead atoms. The number of nitrogens with zero attached hydrogens (tertiary/aromatic N) is 1. The lowest BCUT2D eigenvalue weighted by atomic mass is 10.0. The van der Waals surface area contributed by atoms with Crippen molar-refractivity contribution >= 4 is 12.1 Å². The molecule has 0 aliphatic rings. The van der Waals surface area contributed by atoms with E-state index in [4.69, 9.17) is 4.74 Å². The van der Waals surface area contributed by atoms with Gasteiger partial charge in [0.15, 0.2) is 0 Å². The topological polar surface area (TPSA) is 50.7 Å². The van der Waals surface area contributed by atoms with Gasteiger partial charge in [-0.1, -0.05) is 6.07 Å². The van der Waals surface area contributed by atoms with Gasteiger partial charge in [0.1, 0.15) is 5.75 Å². The summed E-state index contributed by atoms with van der Waals surface area (Å²) >= 11 is 0. The number of nitrogens with one attached hydrogen (secondary N) is 1. The Kier molecular flexibility index (Phi) is 5.74. The van der Waals surface area contributed by atoms with Gasteiger partial charge in [0.2, 0.25) is 0 Å². The van der Waals surface area contributed by atoms with E-state index < -0.39 is 0 Å². The average molecular weight is 324 g/mol. The molecule has 0 aromatic heterocycles. The number of carbonyl (C=O) groups is 1. The summed E-state index contributed by atoms with van der Waals surface area (Å²) in [7, 11) is 0. The van der Waals surface area contributed by atoms with Crippen molar-refractivity contribution in [2.75, 3.05) is 0 Å². The molecule has 0 unspecified atom stereocenters. The van der Waals surface area contributed by atoms with E-state index in [2.05, 4.69) is 36.5 Å². The lowest BCUT2D eigenvalue weighted by Gasteiger charge is -2.09. The molecular weight excluding hydrogens is 300 g/mol. The highest BCUT2D eigenvalue weighted by Crippen LogP contribution is 2.15. The van der Waals surface area contributed by atoms with Crippen molar-refractivity contribution in [3.63, 3.8) is 0 Å². The molecule has 2 aromatic carbocycles. The van der Waals surface area contributed by atoms with E-state index in [1.165, 1.54) is 11.1 Å². The van der Waals surface area contributed by atoms with Crippen LogP contribution in [-0.2, 0) is 0 Å². The minimum atomic E-state index is -0.246. The smallest absolute Gasteiger partial charge is 0.271 e. The molecule has 0 aliphatic heterocycles. The largest absolute Gasteiger partial charge is 0.491 e. The highest BCUT2D eigenvalue weighted by atomic mass is 16.5. The van der Waals surface area contributed by atoms with Crippen molar-refractivity contribution in [2.24, 2.45) is 5.10 Å². The van der Waals surface area contributed by atoms with Crippen molar-refractivity contribution in [1.82, 2.24) is 5.43 Å². The van der Waals surface area contributed by atoms with E-state index in [-0.39, 0.29) is 12.0 Å². The van der Waals surface area contributed by atoms with Crippen molar-refractivity contribution in [3.8, 4) is 5.75 Å². The second-order valence-electron chi connectivity index (χ2n) is 6.18. The van der Waals surface area contributed by atoms with Gasteiger partial charge in [0.25, 0.3) is 5.91 Å². The monoisotopic (exact) mass is 324 g/mol. The van der Waals surface area contributed by atoms with Crippen LogP contribution in [0.4, 0.5) is 0 Å². The quantitative estimate of drug-likeness (QED) is 0.663. The zero-order valence-corrected chi connectivity index (χ0v) is 14.9. The molecular formula is C20H24N2O2. The molecule has 4 nitrogen and oxygen atoms in total. The van der Waals surface area contributed by atoms with Crippen LogP contribution in [0.15, 0.2) is 41.5 Å². The molecule has 0 radical (unpaired) electrons. The van der Waals surface area contributed by atoms with Gasteiger partial charge in [0.05, 0.1) is 12.3 Å². The summed E-state index contributed by atoms with van der Waals surface area (Å²) in [5.74, 6) is 0.500. The Morgan fingerprint density at radius 2 is 1.67 bits per heavy atom. The Morgan fingerprint density at radius 3 is 2.29 bits per heavy atom. The Labute approximate surface area is 143 Å². The van der Waals surface area contributed by atoms with Crippen LogP contribution < -0.4 is 10.2 Å². The summed E-state index contributed by atoms with van der Waals surface area (Å²) < 4.78 is 5.56. The second-order valence-corrected chi connectivity index (χ2v) is 6.18. The predicted octanol–water partition coefficient (Wildman–Crippen LogP) is 4.16. The molecule has 126 valence electrons. The van der Waals surface area contributed by atoms with E-state index in [1.54, 1.807) is 30.5 Å². The van der Waals surface area contributed by atoms with Crippen LogP contribution in [0.3, 0.4) is 0 Å². The zero-order chi connectivity index (χ0) is 17.7. The number of amides is 1. The summed E-state index contributed by atoms with van der Waals surface area (Å²) in [6.45, 7) is 10.1. The minimum Gasteiger partial charge on any atom is -0.491 e. The van der Waals surface area contributed by atoms with Gasteiger partial charge in [-0.3, -0.25) is 4.79 Å². The third-order valence-corrected chi connectivity index (χ3v) is 3.74. The number of hydrazone groups is 1. The summed E-state index contributed by atoms with van der Waals surface area (Å²) in [6.07, 6.45) is 1.78. The first-order valence-electron chi connectivity index (χ1n) is 8.05. The molecule has 0 saturated carbocycles. The molecule has 0 aliphatic carbocycles. The van der Waals surface area contributed by atoms with Gasteiger partial charge in [-0.15, -0.1) is 0 Å². The van der Waals surface area contributed by atoms with Crippen LogP contribution in [-0.4, -0.2) is 18.2 Å². The van der Waals surface area contributed by atoms with Crippen molar-refractivity contribution in [3.05, 3.63) is 64.2 Å². The maximum absolute atomic E-state index is 12.1. The molecule has 2 aromatic rings. The average Bonchev–Trinajstić information content (AvgIpc) is 2.52. The Balaban J connectivity index is 2.01. The zero-order valence-electron chi connectivity index (χ0n) is 14.9. The number of aryl methyl sites for hydroxylation is 3. The van der Waals surface area contributed by atoms with Crippen LogP contribution in [0.25, 0.3) is 0 Å². The van der Waals surface area contributed by atoms with Gasteiger partial charge in [-0.05, 0) is 87.2 Å². The molecule has 0 saturated heterocycles. The molecule has 0 atom stereocenters. The lowest BCUT2D eigenvalue weighted by Crippen LogP contribution is -2.17. The third kappa shape index (κ3) is 4.69. The molecule has 1 N–H and O–H groups in total. The van der Waals surface area contributed by atoms with Gasteiger partial charge in [0, 0.05) is 5.56 Å². The van der Waals surface area contributed by atoms with E-state index in [0.29, 0.717) is 5.56 Å². The van der Waals surface area contributed by atoms with Gasteiger partial charge in [-0.2, -0.15) is 5.10 Å². The number of ether oxygens (including phenoxy) is 1. The lowest BCUT2D eigenvalue weighted by molar-refractivity contribution is 0.0955.